The number of amides is 1. The van der Waals surface area contributed by atoms with Gasteiger partial charge in [-0.1, -0.05) is 6.07 Å². The van der Waals surface area contributed by atoms with Crippen molar-refractivity contribution in [2.45, 2.75) is 16.4 Å². The summed E-state index contributed by atoms with van der Waals surface area (Å²) in [5, 5.41) is 3.25. The first-order valence-electron chi connectivity index (χ1n) is 7.71. The van der Waals surface area contributed by atoms with Gasteiger partial charge in [0.2, 0.25) is 0 Å². The summed E-state index contributed by atoms with van der Waals surface area (Å²) in [7, 11) is 0. The zero-order valence-electron chi connectivity index (χ0n) is 13.6. The molecule has 1 fully saturated rings. The molecule has 0 aliphatic carbocycles. The Morgan fingerprint density at radius 3 is 2.58 bits per heavy atom. The van der Waals surface area contributed by atoms with Gasteiger partial charge in [0.1, 0.15) is 0 Å². The van der Waals surface area contributed by atoms with E-state index >= 15 is 0 Å². The number of alkyl halides is 3. The van der Waals surface area contributed by atoms with Crippen LogP contribution >= 0.6 is 24.2 Å². The molecular formula is C17H17ClF3N3OS. The number of hydrogen-bond acceptors (Lipinski definition) is 4. The van der Waals surface area contributed by atoms with Gasteiger partial charge in [0.25, 0.3) is 5.91 Å². The van der Waals surface area contributed by atoms with E-state index in [9.17, 15) is 18.0 Å². The van der Waals surface area contributed by atoms with Crippen LogP contribution < -0.4 is 5.32 Å². The van der Waals surface area contributed by atoms with Gasteiger partial charge in [-0.2, -0.15) is 13.2 Å². The Morgan fingerprint density at radius 1 is 1.23 bits per heavy atom. The van der Waals surface area contributed by atoms with Gasteiger partial charge in [-0.25, -0.2) is 0 Å². The minimum Gasteiger partial charge on any atom is -0.329 e. The molecule has 1 aliphatic heterocycles. The van der Waals surface area contributed by atoms with Crippen molar-refractivity contribution in [2.24, 2.45) is 0 Å². The van der Waals surface area contributed by atoms with Gasteiger partial charge in [0.05, 0.1) is 6.04 Å². The summed E-state index contributed by atoms with van der Waals surface area (Å²) >= 11 is -0.189. The van der Waals surface area contributed by atoms with E-state index in [0.717, 1.165) is 5.56 Å². The maximum atomic E-state index is 12.8. The van der Waals surface area contributed by atoms with Crippen molar-refractivity contribution in [2.75, 3.05) is 19.6 Å². The second-order valence-corrected chi connectivity index (χ2v) is 6.72. The lowest BCUT2D eigenvalue weighted by Crippen LogP contribution is -2.48. The van der Waals surface area contributed by atoms with Crippen LogP contribution in [0.4, 0.5) is 13.2 Å². The van der Waals surface area contributed by atoms with Gasteiger partial charge in [0.15, 0.2) is 0 Å². The van der Waals surface area contributed by atoms with E-state index in [1.54, 1.807) is 17.3 Å². The topological polar surface area (TPSA) is 45.2 Å². The Bertz CT molecular complexity index is 728. The van der Waals surface area contributed by atoms with Gasteiger partial charge in [-0.15, -0.1) is 12.4 Å². The second-order valence-electron chi connectivity index (χ2n) is 5.58. The normalized spacial score (nSPS) is 17.5. The van der Waals surface area contributed by atoms with Crippen molar-refractivity contribution >= 4 is 30.1 Å². The molecule has 1 aromatic heterocycles. The highest BCUT2D eigenvalue weighted by molar-refractivity contribution is 8.00. The third-order valence-electron chi connectivity index (χ3n) is 3.91. The number of nitrogens with one attached hydrogen (secondary N) is 1. The van der Waals surface area contributed by atoms with Crippen molar-refractivity contribution in [3.63, 3.8) is 0 Å². The number of aromatic nitrogens is 1. The quantitative estimate of drug-likeness (QED) is 0.789. The zero-order chi connectivity index (χ0) is 17.9. The summed E-state index contributed by atoms with van der Waals surface area (Å²) in [5.41, 5.74) is -3.04. The molecule has 2 heterocycles. The molecule has 26 heavy (non-hydrogen) atoms. The number of nitrogens with zero attached hydrogens (tertiary/aromatic N) is 2. The molecular weight excluding hydrogens is 387 g/mol. The van der Waals surface area contributed by atoms with Crippen LogP contribution in [-0.2, 0) is 0 Å². The van der Waals surface area contributed by atoms with Crippen LogP contribution in [0.3, 0.4) is 0 Å². The lowest BCUT2D eigenvalue weighted by molar-refractivity contribution is -0.0328. The van der Waals surface area contributed by atoms with E-state index in [0.29, 0.717) is 25.2 Å². The molecule has 4 nitrogen and oxygen atoms in total. The van der Waals surface area contributed by atoms with Crippen molar-refractivity contribution < 1.29 is 18.0 Å². The highest BCUT2D eigenvalue weighted by Gasteiger charge is 2.30. The summed E-state index contributed by atoms with van der Waals surface area (Å²) in [6.45, 7) is 1.81. The van der Waals surface area contributed by atoms with Gasteiger partial charge in [0, 0.05) is 42.5 Å². The maximum absolute atomic E-state index is 12.8. The highest BCUT2D eigenvalue weighted by Crippen LogP contribution is 2.36. The van der Waals surface area contributed by atoms with Crippen LogP contribution in [0.2, 0.25) is 0 Å². The average molecular weight is 404 g/mol. The average Bonchev–Trinajstić information content (AvgIpc) is 2.61. The SMILES string of the molecule is Cl.O=C(c1ccc(SC(F)(F)F)cc1)N1CCNCC1c1cccnc1. The zero-order valence-corrected chi connectivity index (χ0v) is 15.2. The number of halogens is 4. The van der Waals surface area contributed by atoms with Gasteiger partial charge in [-0.05, 0) is 47.7 Å². The van der Waals surface area contributed by atoms with Crippen molar-refractivity contribution in [1.29, 1.82) is 0 Å². The monoisotopic (exact) mass is 403 g/mol. The molecule has 1 aromatic carbocycles. The van der Waals surface area contributed by atoms with Crippen LogP contribution in [0, 0.1) is 0 Å². The van der Waals surface area contributed by atoms with E-state index in [4.69, 9.17) is 0 Å². The number of carbonyl (C=O) groups is 1. The van der Waals surface area contributed by atoms with Crippen molar-refractivity contribution in [3.8, 4) is 0 Å². The summed E-state index contributed by atoms with van der Waals surface area (Å²) in [6.07, 6.45) is 3.39. The third-order valence-corrected chi connectivity index (χ3v) is 4.65. The fraction of sp³-hybridized carbons (Fsp3) is 0.294. The lowest BCUT2D eigenvalue weighted by atomic mass is 10.0. The number of carbonyl (C=O) groups excluding carboxylic acids is 1. The van der Waals surface area contributed by atoms with Crippen LogP contribution in [-0.4, -0.2) is 40.9 Å². The predicted molar refractivity (Wildman–Crippen MR) is 96.5 cm³/mol. The molecule has 0 radical (unpaired) electrons. The summed E-state index contributed by atoms with van der Waals surface area (Å²) in [4.78, 5) is 18.7. The fourth-order valence-electron chi connectivity index (χ4n) is 2.78. The van der Waals surface area contributed by atoms with E-state index in [1.807, 2.05) is 12.1 Å². The Hall–Kier alpha value is -1.77. The molecule has 140 valence electrons. The summed E-state index contributed by atoms with van der Waals surface area (Å²) in [5.74, 6) is -0.195. The first kappa shape index (κ1) is 20.5. The smallest absolute Gasteiger partial charge is 0.329 e. The number of pyridine rings is 1. The van der Waals surface area contributed by atoms with Crippen LogP contribution in [0.5, 0.6) is 0 Å². The lowest BCUT2D eigenvalue weighted by Gasteiger charge is -2.36. The highest BCUT2D eigenvalue weighted by atomic mass is 35.5. The molecule has 1 amide bonds. The predicted octanol–water partition coefficient (Wildman–Crippen LogP) is 3.90. The van der Waals surface area contributed by atoms with Gasteiger partial charge in [-0.3, -0.25) is 9.78 Å². The van der Waals surface area contributed by atoms with Crippen LogP contribution in [0.25, 0.3) is 0 Å². The largest absolute Gasteiger partial charge is 0.446 e. The van der Waals surface area contributed by atoms with E-state index in [2.05, 4.69) is 10.3 Å². The molecule has 0 saturated carbocycles. The molecule has 0 spiro atoms. The minimum atomic E-state index is -4.34. The molecule has 3 rings (SSSR count). The molecule has 2 aromatic rings. The number of hydrogen-bond donors (Lipinski definition) is 1. The molecule has 1 N–H and O–H groups in total. The second kappa shape index (κ2) is 8.75. The molecule has 1 unspecified atom stereocenters. The van der Waals surface area contributed by atoms with Crippen LogP contribution in [0.15, 0.2) is 53.7 Å². The Labute approximate surface area is 159 Å². The van der Waals surface area contributed by atoms with Gasteiger partial charge >= 0.3 is 5.51 Å². The van der Waals surface area contributed by atoms with Crippen molar-refractivity contribution in [3.05, 3.63) is 59.9 Å². The molecule has 1 aliphatic rings. The van der Waals surface area contributed by atoms with E-state index < -0.39 is 5.51 Å². The fourth-order valence-corrected chi connectivity index (χ4v) is 3.32. The number of piperazine rings is 1. The Balaban J connectivity index is 0.00000243. The van der Waals surface area contributed by atoms with Crippen LogP contribution in [0.1, 0.15) is 22.0 Å². The van der Waals surface area contributed by atoms with E-state index in [1.165, 1.54) is 24.3 Å². The van der Waals surface area contributed by atoms with Crippen molar-refractivity contribution in [1.82, 2.24) is 15.2 Å². The third kappa shape index (κ3) is 5.12. The Morgan fingerprint density at radius 2 is 1.96 bits per heavy atom. The molecule has 1 saturated heterocycles. The number of rotatable bonds is 3. The maximum Gasteiger partial charge on any atom is 0.446 e. The minimum absolute atomic E-state index is 0. The first-order chi connectivity index (χ1) is 11.9. The van der Waals surface area contributed by atoms with E-state index in [-0.39, 0.29) is 41.0 Å². The van der Waals surface area contributed by atoms with Gasteiger partial charge < -0.3 is 10.2 Å². The molecule has 0 bridgehead atoms. The standard InChI is InChI=1S/C17H16F3N3OS.ClH/c18-17(19,20)25-14-5-3-12(4-6-14)16(24)23-9-8-22-11-15(23)13-2-1-7-21-10-13;/h1-7,10,15,22H,8-9,11H2;1H. The molecule has 1 atom stereocenters. The Kier molecular flexibility index (Phi) is 6.91. The number of benzene rings is 1. The summed E-state index contributed by atoms with van der Waals surface area (Å²) in [6, 6.07) is 9.11. The molecule has 9 heteroatoms. The number of thioether (sulfide) groups is 1. The summed E-state index contributed by atoms with van der Waals surface area (Å²) < 4.78 is 37.2. The first-order valence-corrected chi connectivity index (χ1v) is 8.53.